The molecule has 4 nitrogen and oxygen atoms in total. The highest BCUT2D eigenvalue weighted by Gasteiger charge is 2.31. The standard InChI is InChI=1S/C24H36ClN3O/c25-23-8-6-21(7-9-23)19-26-12-10-22(11-13-26)24(29)28-16-14-27(15-17-28)18-20-4-2-1-3-5-20/h6-9,20,22H,1-5,10-19H2. The number of rotatable bonds is 5. The summed E-state index contributed by atoms with van der Waals surface area (Å²) in [6.45, 7) is 8.23. The van der Waals surface area contributed by atoms with E-state index in [1.165, 1.54) is 44.2 Å². The van der Waals surface area contributed by atoms with Gasteiger partial charge in [-0.15, -0.1) is 0 Å². The second kappa shape index (κ2) is 10.3. The zero-order valence-corrected chi connectivity index (χ0v) is 18.5. The molecule has 2 saturated heterocycles. The maximum atomic E-state index is 13.0. The van der Waals surface area contributed by atoms with E-state index in [-0.39, 0.29) is 5.92 Å². The molecule has 4 rings (SSSR count). The summed E-state index contributed by atoms with van der Waals surface area (Å²) in [7, 11) is 0. The van der Waals surface area contributed by atoms with E-state index in [0.29, 0.717) is 5.91 Å². The van der Waals surface area contributed by atoms with Crippen LogP contribution in [0.25, 0.3) is 0 Å². The number of piperazine rings is 1. The summed E-state index contributed by atoms with van der Waals surface area (Å²) in [4.78, 5) is 20.2. The van der Waals surface area contributed by atoms with Crippen molar-refractivity contribution in [1.82, 2.24) is 14.7 Å². The second-order valence-corrected chi connectivity index (χ2v) is 9.74. The van der Waals surface area contributed by atoms with Gasteiger partial charge in [0.15, 0.2) is 0 Å². The summed E-state index contributed by atoms with van der Waals surface area (Å²) in [5.74, 6) is 1.53. The third-order valence-corrected chi connectivity index (χ3v) is 7.43. The van der Waals surface area contributed by atoms with E-state index < -0.39 is 0 Å². The highest BCUT2D eigenvalue weighted by Crippen LogP contribution is 2.26. The Morgan fingerprint density at radius 3 is 2.14 bits per heavy atom. The summed E-state index contributed by atoms with van der Waals surface area (Å²) in [6, 6.07) is 8.13. The topological polar surface area (TPSA) is 26.8 Å². The SMILES string of the molecule is O=C(C1CCN(Cc2ccc(Cl)cc2)CC1)N1CCN(CC2CCCCC2)CC1. The fraction of sp³-hybridized carbons (Fsp3) is 0.708. The highest BCUT2D eigenvalue weighted by atomic mass is 35.5. The van der Waals surface area contributed by atoms with Crippen LogP contribution >= 0.6 is 11.6 Å². The molecule has 3 aliphatic rings. The Balaban J connectivity index is 1.17. The normalized spacial score (nSPS) is 23.4. The van der Waals surface area contributed by atoms with Crippen molar-refractivity contribution in [2.45, 2.75) is 51.5 Å². The van der Waals surface area contributed by atoms with Crippen LogP contribution in [0, 0.1) is 11.8 Å². The Kier molecular flexibility index (Phi) is 7.49. The molecule has 3 fully saturated rings. The number of piperidine rings is 1. The maximum Gasteiger partial charge on any atom is 0.225 e. The molecule has 0 N–H and O–H groups in total. The van der Waals surface area contributed by atoms with E-state index in [0.717, 1.165) is 69.6 Å². The summed E-state index contributed by atoms with van der Waals surface area (Å²) < 4.78 is 0. The molecule has 1 aliphatic carbocycles. The van der Waals surface area contributed by atoms with Gasteiger partial charge in [0, 0.05) is 50.2 Å². The molecule has 0 aromatic heterocycles. The number of nitrogens with zero attached hydrogens (tertiary/aromatic N) is 3. The number of likely N-dealkylation sites (tertiary alicyclic amines) is 1. The summed E-state index contributed by atoms with van der Waals surface area (Å²) in [6.07, 6.45) is 9.07. The Morgan fingerprint density at radius 1 is 0.828 bits per heavy atom. The van der Waals surface area contributed by atoms with Crippen molar-refractivity contribution >= 4 is 17.5 Å². The van der Waals surface area contributed by atoms with Crippen molar-refractivity contribution in [3.05, 3.63) is 34.9 Å². The molecule has 0 bridgehead atoms. The van der Waals surface area contributed by atoms with Gasteiger partial charge in [-0.05, 0) is 62.4 Å². The first-order valence-electron chi connectivity index (χ1n) is 11.7. The maximum absolute atomic E-state index is 13.0. The van der Waals surface area contributed by atoms with Crippen molar-refractivity contribution < 1.29 is 4.79 Å². The minimum absolute atomic E-state index is 0.223. The van der Waals surface area contributed by atoms with Crippen LogP contribution in [0.2, 0.25) is 5.02 Å². The predicted molar refractivity (Wildman–Crippen MR) is 119 cm³/mol. The number of hydrogen-bond acceptors (Lipinski definition) is 3. The summed E-state index contributed by atoms with van der Waals surface area (Å²) in [5, 5.41) is 0.789. The van der Waals surface area contributed by atoms with Gasteiger partial charge in [0.2, 0.25) is 5.91 Å². The van der Waals surface area contributed by atoms with E-state index in [4.69, 9.17) is 11.6 Å². The second-order valence-electron chi connectivity index (χ2n) is 9.31. The summed E-state index contributed by atoms with van der Waals surface area (Å²) in [5.41, 5.74) is 1.30. The van der Waals surface area contributed by atoms with Crippen LogP contribution in [0.1, 0.15) is 50.5 Å². The predicted octanol–water partition coefficient (Wildman–Crippen LogP) is 4.28. The lowest BCUT2D eigenvalue weighted by Crippen LogP contribution is -2.52. The molecule has 1 amide bonds. The molecule has 2 aliphatic heterocycles. The molecule has 1 saturated carbocycles. The molecular weight excluding hydrogens is 382 g/mol. The number of carbonyl (C=O) groups is 1. The largest absolute Gasteiger partial charge is 0.340 e. The zero-order valence-electron chi connectivity index (χ0n) is 17.7. The van der Waals surface area contributed by atoms with Crippen LogP contribution in [0.4, 0.5) is 0 Å². The van der Waals surface area contributed by atoms with Crippen molar-refractivity contribution in [1.29, 1.82) is 0 Å². The lowest BCUT2D eigenvalue weighted by Gasteiger charge is -2.40. The number of halogens is 1. The molecule has 2 heterocycles. The first-order valence-corrected chi connectivity index (χ1v) is 12.0. The molecular formula is C24H36ClN3O. The van der Waals surface area contributed by atoms with Crippen LogP contribution in [0.15, 0.2) is 24.3 Å². The van der Waals surface area contributed by atoms with Gasteiger partial charge < -0.3 is 4.90 Å². The van der Waals surface area contributed by atoms with Gasteiger partial charge in [-0.1, -0.05) is 43.0 Å². The number of amides is 1. The van der Waals surface area contributed by atoms with Crippen molar-refractivity contribution in [3.63, 3.8) is 0 Å². The molecule has 5 heteroatoms. The Bertz CT molecular complexity index is 643. The van der Waals surface area contributed by atoms with Gasteiger partial charge in [0.25, 0.3) is 0 Å². The molecule has 0 radical (unpaired) electrons. The van der Waals surface area contributed by atoms with Crippen LogP contribution < -0.4 is 0 Å². The van der Waals surface area contributed by atoms with Gasteiger partial charge in [-0.25, -0.2) is 0 Å². The Morgan fingerprint density at radius 2 is 1.48 bits per heavy atom. The van der Waals surface area contributed by atoms with Crippen LogP contribution in [0.3, 0.4) is 0 Å². The molecule has 0 spiro atoms. The fourth-order valence-corrected chi connectivity index (χ4v) is 5.46. The third kappa shape index (κ3) is 5.96. The van der Waals surface area contributed by atoms with E-state index in [1.54, 1.807) is 0 Å². The molecule has 0 atom stereocenters. The molecule has 1 aromatic carbocycles. The van der Waals surface area contributed by atoms with E-state index in [1.807, 2.05) is 12.1 Å². The first-order chi connectivity index (χ1) is 14.2. The summed E-state index contributed by atoms with van der Waals surface area (Å²) >= 11 is 5.98. The number of carbonyl (C=O) groups excluding carboxylic acids is 1. The van der Waals surface area contributed by atoms with Crippen LogP contribution in [0.5, 0.6) is 0 Å². The molecule has 160 valence electrons. The highest BCUT2D eigenvalue weighted by molar-refractivity contribution is 6.30. The van der Waals surface area contributed by atoms with E-state index in [9.17, 15) is 4.79 Å². The Hall–Kier alpha value is -1.10. The minimum atomic E-state index is 0.223. The number of hydrogen-bond donors (Lipinski definition) is 0. The lowest BCUT2D eigenvalue weighted by molar-refractivity contribution is -0.139. The third-order valence-electron chi connectivity index (χ3n) is 7.18. The van der Waals surface area contributed by atoms with E-state index >= 15 is 0 Å². The van der Waals surface area contributed by atoms with Gasteiger partial charge >= 0.3 is 0 Å². The molecule has 1 aromatic rings. The quantitative estimate of drug-likeness (QED) is 0.715. The van der Waals surface area contributed by atoms with Gasteiger partial charge in [-0.2, -0.15) is 0 Å². The Labute approximate surface area is 181 Å². The van der Waals surface area contributed by atoms with Gasteiger partial charge in [0.1, 0.15) is 0 Å². The monoisotopic (exact) mass is 417 g/mol. The van der Waals surface area contributed by atoms with Crippen molar-refractivity contribution in [2.75, 3.05) is 45.8 Å². The fourth-order valence-electron chi connectivity index (χ4n) is 5.33. The minimum Gasteiger partial charge on any atom is -0.340 e. The average Bonchev–Trinajstić information content (AvgIpc) is 2.77. The van der Waals surface area contributed by atoms with E-state index in [2.05, 4.69) is 26.8 Å². The van der Waals surface area contributed by atoms with Crippen molar-refractivity contribution in [3.8, 4) is 0 Å². The number of benzene rings is 1. The lowest BCUT2D eigenvalue weighted by atomic mass is 9.89. The van der Waals surface area contributed by atoms with Crippen LogP contribution in [-0.2, 0) is 11.3 Å². The molecule has 0 unspecified atom stereocenters. The molecule has 29 heavy (non-hydrogen) atoms. The van der Waals surface area contributed by atoms with Gasteiger partial charge in [0.05, 0.1) is 0 Å². The zero-order chi connectivity index (χ0) is 20.1. The average molecular weight is 418 g/mol. The first kappa shape index (κ1) is 21.1. The van der Waals surface area contributed by atoms with Crippen molar-refractivity contribution in [2.24, 2.45) is 11.8 Å². The smallest absolute Gasteiger partial charge is 0.225 e. The van der Waals surface area contributed by atoms with Gasteiger partial charge in [-0.3, -0.25) is 14.6 Å². The van der Waals surface area contributed by atoms with Crippen LogP contribution in [-0.4, -0.2) is 66.4 Å².